The topological polar surface area (TPSA) is 140 Å². The first kappa shape index (κ1) is 31.1. The predicted octanol–water partition coefficient (Wildman–Crippen LogP) is 4.49. The molecule has 0 unspecified atom stereocenters. The van der Waals surface area contributed by atoms with E-state index in [0.717, 1.165) is 16.4 Å². The molecular formula is C29H28FN3O8S2. The zero-order valence-electron chi connectivity index (χ0n) is 23.3. The number of halogens is 1. The molecule has 0 saturated heterocycles. The number of nitrogens with one attached hydrogen (secondary N) is 2. The van der Waals surface area contributed by atoms with Crippen molar-refractivity contribution in [3.05, 3.63) is 96.8 Å². The summed E-state index contributed by atoms with van der Waals surface area (Å²) in [6, 6.07) is 20.2. The number of sulfonamides is 2. The number of benzene rings is 4. The molecule has 4 rings (SSSR count). The number of amides is 1. The number of nitrogens with zero attached hydrogens (tertiary/aromatic N) is 1. The molecule has 0 atom stereocenters. The monoisotopic (exact) mass is 629 g/mol. The molecule has 0 aliphatic carbocycles. The van der Waals surface area contributed by atoms with Gasteiger partial charge < -0.3 is 19.5 Å². The Morgan fingerprint density at radius 2 is 1.30 bits per heavy atom. The number of ether oxygens (including phenoxy) is 3. The van der Waals surface area contributed by atoms with Gasteiger partial charge in [0.2, 0.25) is 5.91 Å². The van der Waals surface area contributed by atoms with Gasteiger partial charge in [-0.1, -0.05) is 0 Å². The third-order valence-electron chi connectivity index (χ3n) is 6.14. The molecule has 0 aliphatic heterocycles. The molecule has 11 nitrogen and oxygen atoms in total. The zero-order chi connectivity index (χ0) is 31.2. The van der Waals surface area contributed by atoms with E-state index in [1.165, 1.54) is 75.9 Å². The molecule has 0 aromatic heterocycles. The van der Waals surface area contributed by atoms with Crippen molar-refractivity contribution in [3.63, 3.8) is 0 Å². The standard InChI is InChI=1S/C29H28FN3O8S2/c1-39-24-12-6-22(7-13-24)32-42(35,36)25-14-8-21(9-15-25)31-29(34)19-33(23-10-4-20(30)5-11-23)43(37,38)26-16-17-27(40-2)28(18-26)41-3/h4-18,32H,19H2,1-3H3,(H,31,34). The number of anilines is 3. The summed E-state index contributed by atoms with van der Waals surface area (Å²) in [6.07, 6.45) is 0. The lowest BCUT2D eigenvalue weighted by molar-refractivity contribution is -0.114. The Bertz CT molecular complexity index is 1800. The van der Waals surface area contributed by atoms with Crippen molar-refractivity contribution in [2.75, 3.05) is 42.2 Å². The van der Waals surface area contributed by atoms with E-state index in [2.05, 4.69) is 10.0 Å². The van der Waals surface area contributed by atoms with Crippen molar-refractivity contribution in [1.29, 1.82) is 0 Å². The van der Waals surface area contributed by atoms with Crippen LogP contribution in [-0.4, -0.2) is 50.6 Å². The van der Waals surface area contributed by atoms with Crippen molar-refractivity contribution in [2.45, 2.75) is 9.79 Å². The second kappa shape index (κ2) is 13.0. The first-order chi connectivity index (χ1) is 20.5. The van der Waals surface area contributed by atoms with Crippen LogP contribution >= 0.6 is 0 Å². The third-order valence-corrected chi connectivity index (χ3v) is 9.30. The minimum atomic E-state index is -4.35. The second-order valence-electron chi connectivity index (χ2n) is 8.91. The smallest absolute Gasteiger partial charge is 0.264 e. The lowest BCUT2D eigenvalue weighted by atomic mass is 10.3. The second-order valence-corrected chi connectivity index (χ2v) is 12.5. The molecule has 226 valence electrons. The van der Waals surface area contributed by atoms with E-state index in [1.54, 1.807) is 24.3 Å². The maximum atomic E-state index is 13.7. The molecule has 0 radical (unpaired) electrons. The van der Waals surface area contributed by atoms with Gasteiger partial charge in [-0.2, -0.15) is 0 Å². The summed E-state index contributed by atoms with van der Waals surface area (Å²) in [5, 5.41) is 2.57. The summed E-state index contributed by atoms with van der Waals surface area (Å²) in [5.41, 5.74) is 0.586. The third kappa shape index (κ3) is 7.34. The summed E-state index contributed by atoms with van der Waals surface area (Å²) in [5.74, 6) is -0.299. The molecule has 2 N–H and O–H groups in total. The molecule has 43 heavy (non-hydrogen) atoms. The molecule has 0 heterocycles. The van der Waals surface area contributed by atoms with Crippen molar-refractivity contribution < 1.29 is 40.2 Å². The van der Waals surface area contributed by atoms with E-state index in [1.807, 2.05) is 0 Å². The van der Waals surface area contributed by atoms with Crippen LogP contribution in [0.5, 0.6) is 17.2 Å². The van der Waals surface area contributed by atoms with Crippen LogP contribution in [0.4, 0.5) is 21.5 Å². The molecule has 1 amide bonds. The highest BCUT2D eigenvalue weighted by Crippen LogP contribution is 2.32. The number of rotatable bonds is 12. The Morgan fingerprint density at radius 3 is 1.88 bits per heavy atom. The maximum Gasteiger partial charge on any atom is 0.264 e. The summed E-state index contributed by atoms with van der Waals surface area (Å²) < 4.78 is 85.4. The highest BCUT2D eigenvalue weighted by Gasteiger charge is 2.28. The Morgan fingerprint density at radius 1 is 0.721 bits per heavy atom. The lowest BCUT2D eigenvalue weighted by Crippen LogP contribution is -2.38. The van der Waals surface area contributed by atoms with Gasteiger partial charge in [0, 0.05) is 17.4 Å². The fourth-order valence-electron chi connectivity index (χ4n) is 3.95. The van der Waals surface area contributed by atoms with E-state index in [4.69, 9.17) is 14.2 Å². The van der Waals surface area contributed by atoms with Gasteiger partial charge in [0.05, 0.1) is 36.8 Å². The SMILES string of the molecule is COc1ccc(NS(=O)(=O)c2ccc(NC(=O)CN(c3ccc(F)cc3)S(=O)(=O)c3ccc(OC)c(OC)c3)cc2)cc1. The first-order valence-corrected chi connectivity index (χ1v) is 15.5. The van der Waals surface area contributed by atoms with E-state index in [0.29, 0.717) is 17.2 Å². The largest absolute Gasteiger partial charge is 0.497 e. The molecule has 14 heteroatoms. The van der Waals surface area contributed by atoms with Gasteiger partial charge in [0.25, 0.3) is 20.0 Å². The van der Waals surface area contributed by atoms with Gasteiger partial charge in [-0.05, 0) is 84.9 Å². The highest BCUT2D eigenvalue weighted by atomic mass is 32.2. The van der Waals surface area contributed by atoms with E-state index >= 15 is 0 Å². The van der Waals surface area contributed by atoms with Crippen molar-refractivity contribution in [2.24, 2.45) is 0 Å². The van der Waals surface area contributed by atoms with Gasteiger partial charge in [-0.3, -0.25) is 13.8 Å². The summed E-state index contributed by atoms with van der Waals surface area (Å²) in [7, 11) is -4.04. The minimum Gasteiger partial charge on any atom is -0.497 e. The minimum absolute atomic E-state index is 0.0392. The Balaban J connectivity index is 1.54. The Labute approximate surface area is 248 Å². The highest BCUT2D eigenvalue weighted by molar-refractivity contribution is 7.93. The summed E-state index contributed by atoms with van der Waals surface area (Å²) in [6.45, 7) is -0.679. The summed E-state index contributed by atoms with van der Waals surface area (Å²) in [4.78, 5) is 12.8. The maximum absolute atomic E-state index is 13.7. The van der Waals surface area contributed by atoms with E-state index < -0.39 is 38.3 Å². The van der Waals surface area contributed by atoms with E-state index in [9.17, 15) is 26.0 Å². The fraction of sp³-hybridized carbons (Fsp3) is 0.138. The van der Waals surface area contributed by atoms with Crippen LogP contribution in [-0.2, 0) is 24.8 Å². The van der Waals surface area contributed by atoms with Crippen molar-refractivity contribution in [3.8, 4) is 17.2 Å². The first-order valence-electron chi connectivity index (χ1n) is 12.5. The normalized spacial score (nSPS) is 11.3. The molecule has 0 bridgehead atoms. The number of carbonyl (C=O) groups excluding carboxylic acids is 1. The van der Waals surface area contributed by atoms with Crippen molar-refractivity contribution >= 4 is 43.0 Å². The Kier molecular flexibility index (Phi) is 9.41. The van der Waals surface area contributed by atoms with Gasteiger partial charge >= 0.3 is 0 Å². The van der Waals surface area contributed by atoms with Crippen LogP contribution in [0, 0.1) is 5.82 Å². The van der Waals surface area contributed by atoms with Gasteiger partial charge in [0.1, 0.15) is 18.1 Å². The van der Waals surface area contributed by atoms with Gasteiger partial charge in [-0.25, -0.2) is 21.2 Å². The average Bonchev–Trinajstić information content (AvgIpc) is 3.00. The lowest BCUT2D eigenvalue weighted by Gasteiger charge is -2.24. The fourth-order valence-corrected chi connectivity index (χ4v) is 6.44. The van der Waals surface area contributed by atoms with E-state index in [-0.39, 0.29) is 26.9 Å². The van der Waals surface area contributed by atoms with Crippen LogP contribution in [0.1, 0.15) is 0 Å². The molecule has 4 aromatic rings. The van der Waals surface area contributed by atoms with Gasteiger partial charge in [0.15, 0.2) is 11.5 Å². The number of methoxy groups -OCH3 is 3. The van der Waals surface area contributed by atoms with Crippen LogP contribution in [0.3, 0.4) is 0 Å². The number of hydrogen-bond acceptors (Lipinski definition) is 8. The number of carbonyl (C=O) groups is 1. The Hall–Kier alpha value is -4.82. The van der Waals surface area contributed by atoms with Crippen LogP contribution in [0.15, 0.2) is 101 Å². The number of hydrogen-bond donors (Lipinski definition) is 2. The molecule has 0 fully saturated rings. The average molecular weight is 630 g/mol. The molecule has 4 aromatic carbocycles. The van der Waals surface area contributed by atoms with Gasteiger partial charge in [-0.15, -0.1) is 0 Å². The molecule has 0 saturated carbocycles. The van der Waals surface area contributed by atoms with Crippen LogP contribution in [0.25, 0.3) is 0 Å². The molecule has 0 aliphatic rings. The predicted molar refractivity (Wildman–Crippen MR) is 159 cm³/mol. The molecular weight excluding hydrogens is 601 g/mol. The zero-order valence-corrected chi connectivity index (χ0v) is 24.9. The molecule has 0 spiro atoms. The van der Waals surface area contributed by atoms with Crippen LogP contribution in [0.2, 0.25) is 0 Å². The van der Waals surface area contributed by atoms with Crippen molar-refractivity contribution in [1.82, 2.24) is 0 Å². The summed E-state index contributed by atoms with van der Waals surface area (Å²) >= 11 is 0. The van der Waals surface area contributed by atoms with Crippen LogP contribution < -0.4 is 28.6 Å². The quantitative estimate of drug-likeness (QED) is 0.234.